The molecule has 0 saturated carbocycles. The zero-order valence-electron chi connectivity index (χ0n) is 15.4. The highest BCUT2D eigenvalue weighted by Crippen LogP contribution is 2.29. The fraction of sp³-hybridized carbons (Fsp3) is 0.474. The van der Waals surface area contributed by atoms with Gasteiger partial charge < -0.3 is 5.32 Å². The number of benzene rings is 1. The summed E-state index contributed by atoms with van der Waals surface area (Å²) in [6.07, 6.45) is 0.285. The molecular weight excluding hydrogens is 348 g/mol. The Morgan fingerprint density at radius 1 is 1.15 bits per heavy atom. The Morgan fingerprint density at radius 3 is 2.52 bits per heavy atom. The first-order valence-corrected chi connectivity index (χ1v) is 9.07. The standard InChI is InChI=1S/C19H22N4O4/c1-19(20-2)9-22(10-19)8-11-3-4-12-13(7-11)18(27)23(17(12)26)14-5-6-15(24)21-16(14)25/h3-4,7,14,20H,5-6,8-10H2,1-2H3,(H,21,24,25). The minimum absolute atomic E-state index is 0.116. The van der Waals surface area contributed by atoms with Gasteiger partial charge in [-0.25, -0.2) is 0 Å². The summed E-state index contributed by atoms with van der Waals surface area (Å²) in [5.74, 6) is -1.90. The Balaban J connectivity index is 1.52. The number of likely N-dealkylation sites (tertiary alicyclic amines) is 1. The van der Waals surface area contributed by atoms with Crippen LogP contribution in [-0.4, -0.2) is 65.1 Å². The van der Waals surface area contributed by atoms with Crippen molar-refractivity contribution in [3.8, 4) is 0 Å². The number of nitrogens with zero attached hydrogens (tertiary/aromatic N) is 2. The van der Waals surface area contributed by atoms with Gasteiger partial charge in [-0.3, -0.25) is 34.3 Å². The van der Waals surface area contributed by atoms with Crippen LogP contribution in [0.15, 0.2) is 18.2 Å². The first-order valence-electron chi connectivity index (χ1n) is 9.07. The topological polar surface area (TPSA) is 98.8 Å². The van der Waals surface area contributed by atoms with E-state index in [1.54, 1.807) is 12.1 Å². The highest BCUT2D eigenvalue weighted by Gasteiger charge is 2.44. The van der Waals surface area contributed by atoms with Gasteiger partial charge in [0.05, 0.1) is 11.1 Å². The molecule has 4 amide bonds. The molecule has 0 aromatic heterocycles. The van der Waals surface area contributed by atoms with Crippen LogP contribution in [0.5, 0.6) is 0 Å². The van der Waals surface area contributed by atoms with E-state index in [-0.39, 0.29) is 24.3 Å². The fourth-order valence-electron chi connectivity index (χ4n) is 4.09. The summed E-state index contributed by atoms with van der Waals surface area (Å²) >= 11 is 0. The summed E-state index contributed by atoms with van der Waals surface area (Å²) in [6.45, 7) is 4.68. The van der Waals surface area contributed by atoms with Gasteiger partial charge >= 0.3 is 0 Å². The highest BCUT2D eigenvalue weighted by molar-refractivity contribution is 6.23. The number of amides is 4. The number of fused-ring (bicyclic) bond motifs is 1. The number of carbonyl (C=O) groups excluding carboxylic acids is 4. The smallest absolute Gasteiger partial charge is 0.262 e. The predicted octanol–water partition coefficient (Wildman–Crippen LogP) is -0.118. The van der Waals surface area contributed by atoms with Gasteiger partial charge in [0, 0.05) is 31.6 Å². The van der Waals surface area contributed by atoms with Crippen molar-refractivity contribution in [1.82, 2.24) is 20.4 Å². The lowest BCUT2D eigenvalue weighted by molar-refractivity contribution is -0.136. The van der Waals surface area contributed by atoms with Crippen LogP contribution in [0.25, 0.3) is 0 Å². The van der Waals surface area contributed by atoms with E-state index >= 15 is 0 Å². The van der Waals surface area contributed by atoms with Crippen molar-refractivity contribution < 1.29 is 19.2 Å². The SMILES string of the molecule is CNC1(C)CN(Cc2ccc3c(c2)C(=O)N(C2CCC(=O)NC2=O)C3=O)C1. The van der Waals surface area contributed by atoms with Crippen molar-refractivity contribution in [2.45, 2.75) is 37.9 Å². The molecule has 27 heavy (non-hydrogen) atoms. The van der Waals surface area contributed by atoms with Gasteiger partial charge in [0.15, 0.2) is 0 Å². The maximum absolute atomic E-state index is 12.8. The third-order valence-corrected chi connectivity index (χ3v) is 5.66. The zero-order chi connectivity index (χ0) is 19.3. The van der Waals surface area contributed by atoms with Crippen LogP contribution in [0.1, 0.15) is 46.0 Å². The number of rotatable bonds is 4. The summed E-state index contributed by atoms with van der Waals surface area (Å²) in [7, 11) is 1.95. The normalized spacial score (nSPS) is 24.7. The summed E-state index contributed by atoms with van der Waals surface area (Å²) < 4.78 is 0. The molecule has 3 aliphatic rings. The summed E-state index contributed by atoms with van der Waals surface area (Å²) in [5, 5.41) is 5.49. The van der Waals surface area contributed by atoms with Gasteiger partial charge in [-0.2, -0.15) is 0 Å². The first-order chi connectivity index (χ1) is 12.8. The monoisotopic (exact) mass is 370 g/mol. The first kappa shape index (κ1) is 17.8. The average Bonchev–Trinajstić information content (AvgIpc) is 2.85. The van der Waals surface area contributed by atoms with Crippen LogP contribution in [0.4, 0.5) is 0 Å². The second kappa shape index (κ2) is 6.24. The molecule has 1 aromatic carbocycles. The molecule has 0 bridgehead atoms. The molecule has 3 heterocycles. The molecule has 1 unspecified atom stereocenters. The van der Waals surface area contributed by atoms with Crippen LogP contribution in [0, 0.1) is 0 Å². The molecule has 142 valence electrons. The quantitative estimate of drug-likeness (QED) is 0.717. The Bertz CT molecular complexity index is 859. The van der Waals surface area contributed by atoms with Crippen molar-refractivity contribution in [3.05, 3.63) is 34.9 Å². The van der Waals surface area contributed by atoms with Crippen molar-refractivity contribution in [1.29, 1.82) is 0 Å². The molecule has 0 spiro atoms. The van der Waals surface area contributed by atoms with E-state index in [4.69, 9.17) is 0 Å². The summed E-state index contributed by atoms with van der Waals surface area (Å²) in [4.78, 5) is 52.2. The molecule has 0 aliphatic carbocycles. The Labute approximate surface area is 156 Å². The maximum atomic E-state index is 12.8. The van der Waals surface area contributed by atoms with Crippen molar-refractivity contribution in [2.24, 2.45) is 0 Å². The number of piperidine rings is 1. The van der Waals surface area contributed by atoms with Crippen LogP contribution in [0.3, 0.4) is 0 Å². The molecule has 8 heteroatoms. The lowest BCUT2D eigenvalue weighted by atomic mass is 9.92. The van der Waals surface area contributed by atoms with E-state index in [0.717, 1.165) is 23.6 Å². The molecule has 4 rings (SSSR count). The third-order valence-electron chi connectivity index (χ3n) is 5.66. The lowest BCUT2D eigenvalue weighted by Gasteiger charge is -2.48. The third kappa shape index (κ3) is 2.94. The van der Waals surface area contributed by atoms with Crippen LogP contribution >= 0.6 is 0 Å². The minimum Gasteiger partial charge on any atom is -0.312 e. The van der Waals surface area contributed by atoms with Crippen molar-refractivity contribution in [3.63, 3.8) is 0 Å². The van der Waals surface area contributed by atoms with E-state index in [0.29, 0.717) is 17.7 Å². The molecule has 1 aromatic rings. The van der Waals surface area contributed by atoms with E-state index < -0.39 is 23.8 Å². The molecular formula is C19H22N4O4. The molecule has 1 atom stereocenters. The van der Waals surface area contributed by atoms with E-state index in [1.807, 2.05) is 13.1 Å². The van der Waals surface area contributed by atoms with Crippen LogP contribution < -0.4 is 10.6 Å². The van der Waals surface area contributed by atoms with Crippen LogP contribution in [-0.2, 0) is 16.1 Å². The second-order valence-electron chi connectivity index (χ2n) is 7.78. The number of carbonyl (C=O) groups is 4. The Kier molecular flexibility index (Phi) is 4.12. The molecule has 2 N–H and O–H groups in total. The Morgan fingerprint density at radius 2 is 1.85 bits per heavy atom. The molecule has 2 fully saturated rings. The highest BCUT2D eigenvalue weighted by atomic mass is 16.2. The van der Waals surface area contributed by atoms with Gasteiger partial charge in [-0.1, -0.05) is 6.07 Å². The van der Waals surface area contributed by atoms with Crippen molar-refractivity contribution >= 4 is 23.6 Å². The van der Waals surface area contributed by atoms with Crippen LogP contribution in [0.2, 0.25) is 0 Å². The zero-order valence-corrected chi connectivity index (χ0v) is 15.4. The minimum atomic E-state index is -0.926. The van der Waals surface area contributed by atoms with Gasteiger partial charge in [0.1, 0.15) is 6.04 Å². The van der Waals surface area contributed by atoms with Gasteiger partial charge in [0.2, 0.25) is 11.8 Å². The number of hydrogen-bond donors (Lipinski definition) is 2. The fourth-order valence-corrected chi connectivity index (χ4v) is 4.09. The predicted molar refractivity (Wildman–Crippen MR) is 95.9 cm³/mol. The van der Waals surface area contributed by atoms with Crippen molar-refractivity contribution in [2.75, 3.05) is 20.1 Å². The van der Waals surface area contributed by atoms with E-state index in [9.17, 15) is 19.2 Å². The summed E-state index contributed by atoms with van der Waals surface area (Å²) in [6, 6.07) is 4.34. The number of hydrogen-bond acceptors (Lipinski definition) is 6. The number of imide groups is 2. The molecule has 2 saturated heterocycles. The Hall–Kier alpha value is -2.58. The second-order valence-corrected chi connectivity index (χ2v) is 7.78. The summed E-state index contributed by atoms with van der Waals surface area (Å²) in [5.41, 5.74) is 1.72. The molecule has 0 radical (unpaired) electrons. The average molecular weight is 370 g/mol. The molecule has 8 nitrogen and oxygen atoms in total. The number of likely N-dealkylation sites (N-methyl/N-ethyl adjacent to an activating group) is 1. The van der Waals surface area contributed by atoms with E-state index in [1.165, 1.54) is 0 Å². The van der Waals surface area contributed by atoms with E-state index in [2.05, 4.69) is 22.5 Å². The lowest BCUT2D eigenvalue weighted by Crippen LogP contribution is -2.65. The van der Waals surface area contributed by atoms with Gasteiger partial charge in [-0.05, 0) is 38.1 Å². The van der Waals surface area contributed by atoms with Gasteiger partial charge in [-0.15, -0.1) is 0 Å². The largest absolute Gasteiger partial charge is 0.312 e. The molecule has 3 aliphatic heterocycles. The maximum Gasteiger partial charge on any atom is 0.262 e. The van der Waals surface area contributed by atoms with Gasteiger partial charge in [0.25, 0.3) is 11.8 Å². The number of nitrogens with one attached hydrogen (secondary N) is 2.